The van der Waals surface area contributed by atoms with Crippen molar-refractivity contribution in [2.75, 3.05) is 13.1 Å². The summed E-state index contributed by atoms with van der Waals surface area (Å²) < 4.78 is 32.3. The molecule has 0 aliphatic carbocycles. The second-order valence-electron chi connectivity index (χ2n) is 8.36. The molecule has 8 nitrogen and oxygen atoms in total. The summed E-state index contributed by atoms with van der Waals surface area (Å²) in [5.41, 5.74) is 3.75. The van der Waals surface area contributed by atoms with Crippen LogP contribution in [0.15, 0.2) is 77.7 Å². The molecule has 1 atom stereocenters. The molecule has 0 radical (unpaired) electrons. The zero-order chi connectivity index (χ0) is 26.3. The first kappa shape index (κ1) is 26.8. The Morgan fingerprint density at radius 2 is 1.50 bits per heavy atom. The normalized spacial score (nSPS) is 12.0. The van der Waals surface area contributed by atoms with Crippen molar-refractivity contribution in [1.82, 2.24) is 10.0 Å². The highest BCUT2D eigenvalue weighted by Crippen LogP contribution is 2.24. The summed E-state index contributed by atoms with van der Waals surface area (Å²) >= 11 is 0. The molecule has 2 N–H and O–H groups in total. The summed E-state index contributed by atoms with van der Waals surface area (Å²) in [5.74, 6) is -1.95. The summed E-state index contributed by atoms with van der Waals surface area (Å²) in [7, 11) is -3.89. The lowest BCUT2D eigenvalue weighted by Crippen LogP contribution is -2.39. The minimum atomic E-state index is -3.89. The molecule has 0 aliphatic heterocycles. The second kappa shape index (κ2) is 11.7. The second-order valence-corrected chi connectivity index (χ2v) is 10.1. The summed E-state index contributed by atoms with van der Waals surface area (Å²) in [6.45, 7) is 4.55. The number of rotatable bonds is 10. The minimum absolute atomic E-state index is 0.0240. The Bertz CT molecular complexity index is 1350. The number of ether oxygens (including phenoxy) is 1. The molecule has 36 heavy (non-hydrogen) atoms. The van der Waals surface area contributed by atoms with Crippen LogP contribution >= 0.6 is 0 Å². The maximum absolute atomic E-state index is 13.2. The van der Waals surface area contributed by atoms with Crippen LogP contribution in [0, 0.1) is 20.8 Å². The Kier molecular flexibility index (Phi) is 8.73. The number of benzene rings is 3. The molecule has 1 amide bonds. The van der Waals surface area contributed by atoms with Crippen LogP contribution in [0.2, 0.25) is 0 Å². The van der Waals surface area contributed by atoms with Gasteiger partial charge in [0.1, 0.15) is 6.54 Å². The Morgan fingerprint density at radius 3 is 2.14 bits per heavy atom. The van der Waals surface area contributed by atoms with Crippen LogP contribution in [-0.2, 0) is 24.3 Å². The van der Waals surface area contributed by atoms with Gasteiger partial charge in [0.15, 0.2) is 6.10 Å². The van der Waals surface area contributed by atoms with E-state index in [1.54, 1.807) is 54.6 Å². The van der Waals surface area contributed by atoms with Crippen LogP contribution < -0.4 is 10.0 Å². The average Bonchev–Trinajstić information content (AvgIpc) is 2.87. The molecule has 3 aromatic rings. The van der Waals surface area contributed by atoms with Crippen LogP contribution in [0.3, 0.4) is 0 Å². The molecule has 0 saturated heterocycles. The average molecular weight is 509 g/mol. The molecule has 0 bridgehead atoms. The number of sulfonamides is 1. The quantitative estimate of drug-likeness (QED) is 0.321. The van der Waals surface area contributed by atoms with Gasteiger partial charge in [0.25, 0.3) is 0 Å². The summed E-state index contributed by atoms with van der Waals surface area (Å²) in [4.78, 5) is 37.9. The number of hydrogen-bond acceptors (Lipinski definition) is 6. The van der Waals surface area contributed by atoms with Crippen LogP contribution in [-0.4, -0.2) is 39.2 Å². The van der Waals surface area contributed by atoms with Crippen molar-refractivity contribution in [3.8, 4) is 0 Å². The molecule has 0 unspecified atom stereocenters. The fourth-order valence-corrected chi connectivity index (χ4v) is 4.30. The fraction of sp³-hybridized carbons (Fsp3) is 0.222. The third-order valence-electron chi connectivity index (χ3n) is 5.57. The first-order valence-electron chi connectivity index (χ1n) is 11.3. The Labute approximate surface area is 210 Å². The first-order valence-corrected chi connectivity index (χ1v) is 12.7. The molecule has 188 valence electrons. The third-order valence-corrected chi connectivity index (χ3v) is 6.98. The van der Waals surface area contributed by atoms with Gasteiger partial charge in [-0.05, 0) is 50.1 Å². The van der Waals surface area contributed by atoms with E-state index >= 15 is 0 Å². The number of carbonyl (C=O) groups is 3. The molecule has 0 saturated carbocycles. The third kappa shape index (κ3) is 7.10. The lowest BCUT2D eigenvalue weighted by Gasteiger charge is -2.18. The van der Waals surface area contributed by atoms with Crippen molar-refractivity contribution in [1.29, 1.82) is 0 Å². The molecule has 0 spiro atoms. The molecule has 3 rings (SSSR count). The molecule has 9 heteroatoms. The highest BCUT2D eigenvalue weighted by molar-refractivity contribution is 7.89. The lowest BCUT2D eigenvalue weighted by molar-refractivity contribution is -0.147. The molecular formula is C27H28N2O6S. The summed E-state index contributed by atoms with van der Waals surface area (Å²) in [6, 6.07) is 20.0. The number of amides is 1. The van der Waals surface area contributed by atoms with E-state index in [0.29, 0.717) is 11.1 Å². The number of aryl methyl sites for hydroxylation is 3. The zero-order valence-electron chi connectivity index (χ0n) is 20.3. The fourth-order valence-electron chi connectivity index (χ4n) is 3.31. The number of hydrogen-bond donors (Lipinski definition) is 2. The van der Waals surface area contributed by atoms with Gasteiger partial charge in [-0.1, -0.05) is 60.2 Å². The van der Waals surface area contributed by atoms with Gasteiger partial charge in [-0.25, -0.2) is 13.1 Å². The first-order chi connectivity index (χ1) is 17.1. The highest BCUT2D eigenvalue weighted by Gasteiger charge is 2.26. The van der Waals surface area contributed by atoms with Crippen LogP contribution in [0.25, 0.3) is 0 Å². The van der Waals surface area contributed by atoms with E-state index in [9.17, 15) is 22.8 Å². The zero-order valence-corrected chi connectivity index (χ0v) is 21.1. The predicted molar refractivity (Wildman–Crippen MR) is 135 cm³/mol. The number of Topliss-reactive ketones (excluding diaryl/α,β-unsaturated/α-hetero) is 1. The monoisotopic (exact) mass is 508 g/mol. The van der Waals surface area contributed by atoms with Gasteiger partial charge in [0.2, 0.25) is 21.7 Å². The number of carbonyl (C=O) groups excluding carboxylic acids is 3. The van der Waals surface area contributed by atoms with Gasteiger partial charge in [0, 0.05) is 11.1 Å². The maximum atomic E-state index is 13.2. The van der Waals surface area contributed by atoms with Gasteiger partial charge >= 0.3 is 5.97 Å². The van der Waals surface area contributed by atoms with Crippen molar-refractivity contribution < 1.29 is 27.5 Å². The maximum Gasteiger partial charge on any atom is 0.326 e. The smallest absolute Gasteiger partial charge is 0.326 e. The molecule has 0 fully saturated rings. The van der Waals surface area contributed by atoms with Crippen molar-refractivity contribution in [2.45, 2.75) is 31.8 Å². The minimum Gasteiger partial charge on any atom is -0.448 e. The van der Waals surface area contributed by atoms with Crippen molar-refractivity contribution in [3.05, 3.63) is 101 Å². The van der Waals surface area contributed by atoms with E-state index < -0.39 is 46.9 Å². The van der Waals surface area contributed by atoms with E-state index in [4.69, 9.17) is 4.74 Å². The van der Waals surface area contributed by atoms with E-state index in [1.165, 1.54) is 12.1 Å². The molecule has 0 aromatic heterocycles. The lowest BCUT2D eigenvalue weighted by atomic mass is 9.97. The van der Waals surface area contributed by atoms with Crippen molar-refractivity contribution in [3.63, 3.8) is 0 Å². The Hall–Kier alpha value is -3.82. The van der Waals surface area contributed by atoms with Crippen LogP contribution in [0.4, 0.5) is 0 Å². The predicted octanol–water partition coefficient (Wildman–Crippen LogP) is 3.17. The SMILES string of the molecule is Cc1ccc(S(=O)(=O)NCC(=O)NCC(=O)O[C@H](C(=O)c2ccc(C)c(C)c2)c2ccccc2)cc1. The topological polar surface area (TPSA) is 119 Å². The van der Waals surface area contributed by atoms with Gasteiger partial charge < -0.3 is 10.1 Å². The Morgan fingerprint density at radius 1 is 0.833 bits per heavy atom. The number of nitrogens with one attached hydrogen (secondary N) is 2. The van der Waals surface area contributed by atoms with Gasteiger partial charge in [-0.2, -0.15) is 0 Å². The van der Waals surface area contributed by atoms with E-state index in [2.05, 4.69) is 10.0 Å². The Balaban J connectivity index is 1.61. The van der Waals surface area contributed by atoms with Gasteiger partial charge in [-0.3, -0.25) is 14.4 Å². The highest BCUT2D eigenvalue weighted by atomic mass is 32.2. The molecule has 0 aliphatic rings. The summed E-state index contributed by atoms with van der Waals surface area (Å²) in [6.07, 6.45) is -1.20. The standard InChI is InChI=1S/C27H28N2O6S/c1-18-9-13-23(14-10-18)36(33,34)29-16-24(30)28-17-25(31)35-27(21-7-5-4-6-8-21)26(32)22-12-11-19(2)20(3)15-22/h4-15,27,29H,16-17H2,1-3H3,(H,28,30)/t27-/m0/s1. The van der Waals surface area contributed by atoms with Crippen molar-refractivity contribution >= 4 is 27.7 Å². The molecule has 0 heterocycles. The largest absolute Gasteiger partial charge is 0.448 e. The van der Waals surface area contributed by atoms with Crippen LogP contribution in [0.5, 0.6) is 0 Å². The summed E-state index contributed by atoms with van der Waals surface area (Å²) in [5, 5.41) is 2.32. The van der Waals surface area contributed by atoms with E-state index in [-0.39, 0.29) is 4.90 Å². The molecule has 3 aromatic carbocycles. The molecular weight excluding hydrogens is 480 g/mol. The van der Waals surface area contributed by atoms with E-state index in [0.717, 1.165) is 16.7 Å². The van der Waals surface area contributed by atoms with Crippen LogP contribution in [0.1, 0.15) is 38.7 Å². The van der Waals surface area contributed by atoms with Crippen molar-refractivity contribution in [2.24, 2.45) is 0 Å². The van der Waals surface area contributed by atoms with E-state index in [1.807, 2.05) is 26.8 Å². The number of ketones is 1. The van der Waals surface area contributed by atoms with Gasteiger partial charge in [0.05, 0.1) is 11.4 Å². The number of esters is 1. The van der Waals surface area contributed by atoms with Gasteiger partial charge in [-0.15, -0.1) is 0 Å².